The van der Waals surface area contributed by atoms with Crippen LogP contribution in [0, 0.1) is 5.82 Å². The first-order valence-corrected chi connectivity index (χ1v) is 10.9. The molecule has 1 aromatic carbocycles. The Morgan fingerprint density at radius 1 is 1.29 bits per heavy atom. The van der Waals surface area contributed by atoms with Gasteiger partial charge >= 0.3 is 0 Å². The molecule has 0 amide bonds. The summed E-state index contributed by atoms with van der Waals surface area (Å²) in [5.74, 6) is 0.690. The molecule has 0 radical (unpaired) electrons. The van der Waals surface area contributed by atoms with Crippen molar-refractivity contribution in [3.8, 4) is 0 Å². The number of guanidine groups is 1. The number of likely N-dealkylation sites (tertiary alicyclic amines) is 1. The van der Waals surface area contributed by atoms with Crippen LogP contribution in [0.15, 0.2) is 35.5 Å². The summed E-state index contributed by atoms with van der Waals surface area (Å²) in [6.45, 7) is 5.94. The van der Waals surface area contributed by atoms with E-state index in [1.54, 1.807) is 11.3 Å². The van der Waals surface area contributed by atoms with E-state index in [9.17, 15) is 4.39 Å². The number of nitrogens with one attached hydrogen (secondary N) is 2. The minimum Gasteiger partial charge on any atom is -0.356 e. The SMILES string of the molecule is CCc1cnc(CCNC(=NC)NC2CCN(Cc3ccc(F)cc3)CC2)s1. The number of aliphatic imine (C=N–C) groups is 1. The molecule has 2 N–H and O–H groups in total. The highest BCUT2D eigenvalue weighted by atomic mass is 32.1. The standard InChI is InChI=1S/C21H30FN5S/c1-3-19-14-25-20(28-19)8-11-24-21(23-2)26-18-9-12-27(13-10-18)15-16-4-6-17(22)7-5-16/h4-7,14,18H,3,8-13,15H2,1-2H3,(H2,23,24,26). The van der Waals surface area contributed by atoms with Gasteiger partial charge in [0.05, 0.1) is 5.01 Å². The van der Waals surface area contributed by atoms with Crippen LogP contribution in [0.4, 0.5) is 4.39 Å². The van der Waals surface area contributed by atoms with E-state index in [1.807, 2.05) is 25.4 Å². The molecule has 0 aliphatic carbocycles. The Kier molecular flexibility index (Phi) is 7.80. The summed E-state index contributed by atoms with van der Waals surface area (Å²) in [4.78, 5) is 12.6. The molecule has 5 nitrogen and oxygen atoms in total. The van der Waals surface area contributed by atoms with Crippen LogP contribution in [0.2, 0.25) is 0 Å². The van der Waals surface area contributed by atoms with E-state index in [0.29, 0.717) is 6.04 Å². The normalized spacial score (nSPS) is 16.3. The van der Waals surface area contributed by atoms with E-state index in [1.165, 1.54) is 27.6 Å². The summed E-state index contributed by atoms with van der Waals surface area (Å²) < 4.78 is 13.0. The van der Waals surface area contributed by atoms with Gasteiger partial charge in [-0.25, -0.2) is 9.37 Å². The van der Waals surface area contributed by atoms with Gasteiger partial charge in [0, 0.05) is 56.8 Å². The van der Waals surface area contributed by atoms with Gasteiger partial charge in [0.15, 0.2) is 5.96 Å². The molecule has 7 heteroatoms. The molecule has 3 rings (SSSR count). The molecule has 1 aliphatic rings. The highest BCUT2D eigenvalue weighted by Gasteiger charge is 2.20. The molecule has 28 heavy (non-hydrogen) atoms. The minimum atomic E-state index is -0.175. The maximum Gasteiger partial charge on any atom is 0.191 e. The lowest BCUT2D eigenvalue weighted by Gasteiger charge is -2.33. The third-order valence-electron chi connectivity index (χ3n) is 5.05. The smallest absolute Gasteiger partial charge is 0.191 e. The first-order chi connectivity index (χ1) is 13.7. The predicted octanol–water partition coefficient (Wildman–Crippen LogP) is 3.22. The van der Waals surface area contributed by atoms with E-state index < -0.39 is 0 Å². The van der Waals surface area contributed by atoms with E-state index in [0.717, 1.165) is 57.8 Å². The molecular weight excluding hydrogens is 373 g/mol. The number of hydrogen-bond acceptors (Lipinski definition) is 4. The molecule has 0 saturated carbocycles. The Hall–Kier alpha value is -1.99. The molecule has 2 heterocycles. The number of piperidine rings is 1. The van der Waals surface area contributed by atoms with Gasteiger partial charge in [0.1, 0.15) is 5.82 Å². The van der Waals surface area contributed by atoms with Crippen molar-refractivity contribution in [1.29, 1.82) is 0 Å². The van der Waals surface area contributed by atoms with Crippen LogP contribution in [0.5, 0.6) is 0 Å². The molecular formula is C21H30FN5S. The Bertz CT molecular complexity index is 750. The second-order valence-electron chi connectivity index (χ2n) is 7.14. The van der Waals surface area contributed by atoms with Gasteiger partial charge < -0.3 is 10.6 Å². The zero-order valence-corrected chi connectivity index (χ0v) is 17.6. The molecule has 1 aliphatic heterocycles. The zero-order valence-electron chi connectivity index (χ0n) is 16.7. The van der Waals surface area contributed by atoms with Crippen LogP contribution in [0.25, 0.3) is 0 Å². The fourth-order valence-corrected chi connectivity index (χ4v) is 4.25. The van der Waals surface area contributed by atoms with Crippen LogP contribution >= 0.6 is 11.3 Å². The zero-order chi connectivity index (χ0) is 19.8. The van der Waals surface area contributed by atoms with Crippen LogP contribution < -0.4 is 10.6 Å². The molecule has 152 valence electrons. The van der Waals surface area contributed by atoms with E-state index >= 15 is 0 Å². The molecule has 1 saturated heterocycles. The lowest BCUT2D eigenvalue weighted by atomic mass is 10.0. The van der Waals surface area contributed by atoms with E-state index in [2.05, 4.69) is 32.4 Å². The van der Waals surface area contributed by atoms with Crippen LogP contribution in [0.1, 0.15) is 35.2 Å². The number of aryl methyl sites for hydroxylation is 1. The van der Waals surface area contributed by atoms with Crippen molar-refractivity contribution >= 4 is 17.3 Å². The molecule has 1 fully saturated rings. The van der Waals surface area contributed by atoms with Crippen molar-refractivity contribution in [3.05, 3.63) is 51.7 Å². The Morgan fingerprint density at radius 3 is 2.68 bits per heavy atom. The topological polar surface area (TPSA) is 52.6 Å². The number of rotatable bonds is 7. The number of benzene rings is 1. The van der Waals surface area contributed by atoms with Crippen molar-refractivity contribution in [2.24, 2.45) is 4.99 Å². The summed E-state index contributed by atoms with van der Waals surface area (Å²) in [7, 11) is 1.82. The fraction of sp³-hybridized carbons (Fsp3) is 0.524. The number of thiazole rings is 1. The number of aromatic nitrogens is 1. The molecule has 1 aromatic heterocycles. The molecule has 0 bridgehead atoms. The second kappa shape index (κ2) is 10.5. The lowest BCUT2D eigenvalue weighted by molar-refractivity contribution is 0.198. The summed E-state index contributed by atoms with van der Waals surface area (Å²) >= 11 is 1.79. The Labute approximate surface area is 171 Å². The highest BCUT2D eigenvalue weighted by Crippen LogP contribution is 2.15. The fourth-order valence-electron chi connectivity index (χ4n) is 3.39. The molecule has 2 aromatic rings. The molecule has 0 spiro atoms. The van der Waals surface area contributed by atoms with Gasteiger partial charge in [-0.2, -0.15) is 0 Å². The van der Waals surface area contributed by atoms with Crippen molar-refractivity contribution in [1.82, 2.24) is 20.5 Å². The van der Waals surface area contributed by atoms with Crippen molar-refractivity contribution in [2.75, 3.05) is 26.7 Å². The average molecular weight is 404 g/mol. The lowest BCUT2D eigenvalue weighted by Crippen LogP contribution is -2.48. The quantitative estimate of drug-likeness (QED) is 0.551. The van der Waals surface area contributed by atoms with E-state index in [4.69, 9.17) is 0 Å². The van der Waals surface area contributed by atoms with Gasteiger partial charge in [0.25, 0.3) is 0 Å². The predicted molar refractivity (Wildman–Crippen MR) is 114 cm³/mol. The van der Waals surface area contributed by atoms with Gasteiger partial charge in [-0.1, -0.05) is 19.1 Å². The average Bonchev–Trinajstić information content (AvgIpc) is 3.18. The highest BCUT2D eigenvalue weighted by molar-refractivity contribution is 7.11. The largest absolute Gasteiger partial charge is 0.356 e. The number of halogens is 1. The third-order valence-corrected chi connectivity index (χ3v) is 6.25. The van der Waals surface area contributed by atoms with Crippen molar-refractivity contribution in [2.45, 2.75) is 45.2 Å². The Morgan fingerprint density at radius 2 is 2.04 bits per heavy atom. The van der Waals surface area contributed by atoms with Crippen LogP contribution in [-0.2, 0) is 19.4 Å². The summed E-state index contributed by atoms with van der Waals surface area (Å²) in [5.41, 5.74) is 1.17. The van der Waals surface area contributed by atoms with E-state index in [-0.39, 0.29) is 5.82 Å². The second-order valence-corrected chi connectivity index (χ2v) is 8.34. The number of nitrogens with zero attached hydrogens (tertiary/aromatic N) is 3. The van der Waals surface area contributed by atoms with Gasteiger partial charge in [-0.3, -0.25) is 9.89 Å². The summed E-state index contributed by atoms with van der Waals surface area (Å²) in [5, 5.41) is 8.13. The van der Waals surface area contributed by atoms with Gasteiger partial charge in [-0.05, 0) is 37.0 Å². The monoisotopic (exact) mass is 403 g/mol. The molecule has 0 atom stereocenters. The number of hydrogen-bond donors (Lipinski definition) is 2. The maximum atomic E-state index is 13.0. The first kappa shape index (κ1) is 20.7. The summed E-state index contributed by atoms with van der Waals surface area (Å²) in [6.07, 6.45) is 6.10. The third kappa shape index (κ3) is 6.27. The van der Waals surface area contributed by atoms with Crippen molar-refractivity contribution < 1.29 is 4.39 Å². The van der Waals surface area contributed by atoms with Crippen molar-refractivity contribution in [3.63, 3.8) is 0 Å². The maximum absolute atomic E-state index is 13.0. The van der Waals surface area contributed by atoms with Crippen LogP contribution in [0.3, 0.4) is 0 Å². The summed E-state index contributed by atoms with van der Waals surface area (Å²) in [6, 6.07) is 7.25. The minimum absolute atomic E-state index is 0.175. The molecule has 0 unspecified atom stereocenters. The van der Waals surface area contributed by atoms with Crippen LogP contribution in [-0.4, -0.2) is 48.6 Å². The van der Waals surface area contributed by atoms with Gasteiger partial charge in [0.2, 0.25) is 0 Å². The Balaban J connectivity index is 1.37. The van der Waals surface area contributed by atoms with Gasteiger partial charge in [-0.15, -0.1) is 11.3 Å². The first-order valence-electron chi connectivity index (χ1n) is 10.0.